The maximum atomic E-state index is 14.1. The molecule has 6 rings (SSSR count). The van der Waals surface area contributed by atoms with Crippen LogP contribution in [0.5, 0.6) is 0 Å². The predicted octanol–water partition coefficient (Wildman–Crippen LogP) is 10.4. The van der Waals surface area contributed by atoms with Gasteiger partial charge in [0.25, 0.3) is 20.0 Å². The van der Waals surface area contributed by atoms with E-state index in [2.05, 4.69) is 36.9 Å². The normalized spacial score (nSPS) is 11.3. The smallest absolute Gasteiger partial charge is 0.340 e. The number of halogens is 2. The minimum absolute atomic E-state index is 0.0266. The third-order valence-corrected chi connectivity index (χ3v) is 13.7. The van der Waals surface area contributed by atoms with Gasteiger partial charge in [-0.05, 0) is 106 Å². The summed E-state index contributed by atoms with van der Waals surface area (Å²) in [6.07, 6.45) is 5.60. The van der Waals surface area contributed by atoms with E-state index in [1.54, 1.807) is 48.5 Å². The Bertz CT molecular complexity index is 2880. The Kier molecular flexibility index (Phi) is 14.6. The molecule has 6 aromatic carbocycles. The Hall–Kier alpha value is -6.91. The number of carbonyl (C=O) groups excluding carboxylic acids is 3. The van der Waals surface area contributed by atoms with Crippen LogP contribution in [0.15, 0.2) is 170 Å². The van der Waals surface area contributed by atoms with Crippen LogP contribution < -0.4 is 19.2 Å². The number of nitrogens with zero attached hydrogens (tertiary/aromatic N) is 2. The molecule has 2 N–H and O–H groups in total. The maximum Gasteiger partial charge on any atom is 0.340 e. The first-order valence-corrected chi connectivity index (χ1v) is 22.8. The number of urea groups is 1. The molecule has 0 aromatic heterocycles. The van der Waals surface area contributed by atoms with Crippen LogP contribution >= 0.6 is 23.2 Å². The van der Waals surface area contributed by atoms with E-state index < -0.39 is 38.0 Å². The van der Waals surface area contributed by atoms with Crippen LogP contribution in [0.25, 0.3) is 21.5 Å². The highest BCUT2D eigenvalue weighted by atomic mass is 35.5. The van der Waals surface area contributed by atoms with Gasteiger partial charge in [-0.25, -0.2) is 31.2 Å². The Morgan fingerprint density at radius 1 is 0.516 bits per heavy atom. The van der Waals surface area contributed by atoms with Crippen molar-refractivity contribution in [2.24, 2.45) is 0 Å². The zero-order valence-corrected chi connectivity index (χ0v) is 37.1. The maximum absolute atomic E-state index is 14.1. The van der Waals surface area contributed by atoms with E-state index in [0.717, 1.165) is 8.61 Å². The first kappa shape index (κ1) is 46.6. The highest BCUT2D eigenvalue weighted by molar-refractivity contribution is 7.93. The van der Waals surface area contributed by atoms with Crippen molar-refractivity contribution in [2.45, 2.75) is 9.79 Å². The summed E-state index contributed by atoms with van der Waals surface area (Å²) in [5.74, 6) is -1.50. The summed E-state index contributed by atoms with van der Waals surface area (Å²) in [5, 5.41) is 8.04. The minimum Gasteiger partial charge on any atom is -0.458 e. The molecule has 0 bridgehead atoms. The van der Waals surface area contributed by atoms with Crippen molar-refractivity contribution >= 4 is 106 Å². The molecule has 0 unspecified atom stereocenters. The number of ether oxygens (including phenoxy) is 2. The molecular formula is C47H40Cl2N4O9S2. The van der Waals surface area contributed by atoms with E-state index in [9.17, 15) is 31.2 Å². The van der Waals surface area contributed by atoms with Crippen molar-refractivity contribution in [1.29, 1.82) is 0 Å². The first-order valence-electron chi connectivity index (χ1n) is 19.2. The van der Waals surface area contributed by atoms with E-state index in [4.69, 9.17) is 32.7 Å². The number of rotatable bonds is 18. The van der Waals surface area contributed by atoms with Gasteiger partial charge in [0.15, 0.2) is 0 Å². The Morgan fingerprint density at radius 2 is 0.906 bits per heavy atom. The number of nitrogens with one attached hydrogen (secondary N) is 2. The van der Waals surface area contributed by atoms with Crippen molar-refractivity contribution in [3.05, 3.63) is 181 Å². The van der Waals surface area contributed by atoms with Crippen molar-refractivity contribution in [1.82, 2.24) is 0 Å². The summed E-state index contributed by atoms with van der Waals surface area (Å²) in [6, 6.07) is 26.9. The number of amides is 2. The van der Waals surface area contributed by atoms with Crippen LogP contribution in [-0.2, 0) is 29.5 Å². The third kappa shape index (κ3) is 10.3. The fourth-order valence-electron chi connectivity index (χ4n) is 6.47. The van der Waals surface area contributed by atoms with Gasteiger partial charge in [0, 0.05) is 11.4 Å². The lowest BCUT2D eigenvalue weighted by molar-refractivity contribution is 0.0540. The fraction of sp³-hybridized carbons (Fsp3) is 0.0851. The molecule has 64 heavy (non-hydrogen) atoms. The van der Waals surface area contributed by atoms with Crippen molar-refractivity contribution < 1.29 is 40.7 Å². The molecule has 0 aliphatic carbocycles. The predicted molar refractivity (Wildman–Crippen MR) is 254 cm³/mol. The zero-order chi connectivity index (χ0) is 46.2. The standard InChI is InChI=1S/C47H40Cl2N4O9S2/c1-5-21-52(37-15-19-43(48)41(29-37)45(54)61-23-7-3)63(57,58)39-17-11-31-9-13-35(25-33(31)27-39)50-47(56)51-36-14-10-32-12-18-40(28-34(32)26-36)64(59,60)53(22-6-2)38-16-20-44(49)42(30-38)46(55)62-24-8-4/h5-20,25-30H,1-4,21-24H2,(H2,50,51,56). The van der Waals surface area contributed by atoms with Gasteiger partial charge in [-0.2, -0.15) is 0 Å². The Balaban J connectivity index is 1.22. The number of sulfonamides is 2. The van der Waals surface area contributed by atoms with Gasteiger partial charge < -0.3 is 20.1 Å². The van der Waals surface area contributed by atoms with Crippen LogP contribution in [0.2, 0.25) is 10.0 Å². The van der Waals surface area contributed by atoms with Crippen LogP contribution in [0.1, 0.15) is 20.7 Å². The molecule has 0 saturated heterocycles. The lowest BCUT2D eigenvalue weighted by atomic mass is 10.1. The quantitative estimate of drug-likeness (QED) is 0.0629. The first-order chi connectivity index (χ1) is 30.6. The minimum atomic E-state index is -4.24. The second-order valence-corrected chi connectivity index (χ2v) is 18.3. The molecule has 0 atom stereocenters. The summed E-state index contributed by atoms with van der Waals surface area (Å²) in [7, 11) is -8.47. The van der Waals surface area contributed by atoms with Gasteiger partial charge in [0.05, 0.1) is 55.4 Å². The summed E-state index contributed by atoms with van der Waals surface area (Å²) in [4.78, 5) is 38.5. The summed E-state index contributed by atoms with van der Waals surface area (Å²) in [6.45, 7) is 14.1. The van der Waals surface area contributed by atoms with Crippen LogP contribution in [0, 0.1) is 0 Å². The highest BCUT2D eigenvalue weighted by Crippen LogP contribution is 2.33. The van der Waals surface area contributed by atoms with Gasteiger partial charge >= 0.3 is 18.0 Å². The van der Waals surface area contributed by atoms with E-state index >= 15 is 0 Å². The monoisotopic (exact) mass is 938 g/mol. The molecule has 0 heterocycles. The third-order valence-electron chi connectivity index (χ3n) is 9.49. The SMILES string of the molecule is C=CCOC(=O)c1cc(N(CC=C)S(=O)(=O)c2ccc3ccc(NC(=O)Nc4ccc5ccc(S(=O)(=O)N(CC=C)c6ccc(Cl)c(C(=O)OCC=C)c6)cc5c4)cc3c2)ccc1Cl. The number of esters is 2. The average Bonchev–Trinajstić information content (AvgIpc) is 3.28. The van der Waals surface area contributed by atoms with Crippen molar-refractivity contribution in [3.63, 3.8) is 0 Å². The molecule has 13 nitrogen and oxygen atoms in total. The molecule has 0 aliphatic rings. The molecular weight excluding hydrogens is 900 g/mol. The van der Waals surface area contributed by atoms with Gasteiger partial charge in [0.1, 0.15) is 13.2 Å². The Morgan fingerprint density at radius 3 is 1.28 bits per heavy atom. The molecule has 328 valence electrons. The van der Waals surface area contributed by atoms with E-state index in [-0.39, 0.29) is 68.6 Å². The number of benzene rings is 6. The summed E-state index contributed by atoms with van der Waals surface area (Å²) in [5.41, 5.74) is 0.944. The second-order valence-electron chi connectivity index (χ2n) is 13.8. The van der Waals surface area contributed by atoms with Gasteiger partial charge in [-0.1, -0.05) is 84.9 Å². The summed E-state index contributed by atoms with van der Waals surface area (Å²) >= 11 is 12.5. The molecule has 0 fully saturated rings. The topological polar surface area (TPSA) is 168 Å². The van der Waals surface area contributed by atoms with E-state index in [0.29, 0.717) is 32.9 Å². The number of hydrogen-bond donors (Lipinski definition) is 2. The average molecular weight is 940 g/mol. The number of fused-ring (bicyclic) bond motifs is 2. The lowest BCUT2D eigenvalue weighted by Gasteiger charge is -2.24. The zero-order valence-electron chi connectivity index (χ0n) is 34.0. The second kappa shape index (κ2) is 20.1. The fourth-order valence-corrected chi connectivity index (χ4v) is 9.78. The van der Waals surface area contributed by atoms with Crippen LogP contribution in [0.3, 0.4) is 0 Å². The highest BCUT2D eigenvalue weighted by Gasteiger charge is 2.28. The largest absolute Gasteiger partial charge is 0.458 e. The van der Waals surface area contributed by atoms with Crippen molar-refractivity contribution in [3.8, 4) is 0 Å². The van der Waals surface area contributed by atoms with Gasteiger partial charge in [-0.15, -0.1) is 13.2 Å². The number of carbonyl (C=O) groups is 3. The molecule has 17 heteroatoms. The molecule has 2 amide bonds. The molecule has 0 radical (unpaired) electrons. The van der Waals surface area contributed by atoms with Crippen LogP contribution in [-0.4, -0.2) is 61.1 Å². The lowest BCUT2D eigenvalue weighted by Crippen LogP contribution is -2.31. The van der Waals surface area contributed by atoms with Crippen LogP contribution in [0.4, 0.5) is 27.5 Å². The molecule has 0 spiro atoms. The van der Waals surface area contributed by atoms with Gasteiger partial charge in [0.2, 0.25) is 0 Å². The van der Waals surface area contributed by atoms with E-state index in [1.807, 2.05) is 0 Å². The Labute approximate surface area is 380 Å². The molecule has 6 aromatic rings. The molecule has 0 aliphatic heterocycles. The van der Waals surface area contributed by atoms with E-state index in [1.165, 1.54) is 85.0 Å². The molecule has 0 saturated carbocycles. The summed E-state index contributed by atoms with van der Waals surface area (Å²) < 4.78 is 68.9. The number of anilines is 4. The van der Waals surface area contributed by atoms with Crippen molar-refractivity contribution in [2.75, 3.05) is 45.5 Å². The number of hydrogen-bond acceptors (Lipinski definition) is 9. The van der Waals surface area contributed by atoms with Gasteiger partial charge in [-0.3, -0.25) is 8.61 Å².